The quantitative estimate of drug-likeness (QED) is 0.773. The van der Waals surface area contributed by atoms with E-state index in [-0.39, 0.29) is 5.41 Å². The zero-order valence-electron chi connectivity index (χ0n) is 12.6. The fraction of sp³-hybridized carbons (Fsp3) is 0.688. The Morgan fingerprint density at radius 2 is 1.74 bits per heavy atom. The second-order valence-corrected chi connectivity index (χ2v) is 7.17. The van der Waals surface area contributed by atoms with Crippen molar-refractivity contribution >= 4 is 5.82 Å². The van der Waals surface area contributed by atoms with Crippen molar-refractivity contribution in [3.05, 3.63) is 23.9 Å². The molecule has 2 aliphatic rings. The summed E-state index contributed by atoms with van der Waals surface area (Å²) in [6.45, 7) is 9.08. The minimum atomic E-state index is 0.187. The first-order valence-electron chi connectivity index (χ1n) is 7.38. The summed E-state index contributed by atoms with van der Waals surface area (Å²) in [6.07, 6.45) is 4.70. The highest BCUT2D eigenvalue weighted by Crippen LogP contribution is 2.34. The average Bonchev–Trinajstić information content (AvgIpc) is 2.61. The molecule has 2 fully saturated rings. The van der Waals surface area contributed by atoms with Gasteiger partial charge in [-0.2, -0.15) is 0 Å². The standard InChI is InChI=1S/C16H25N3/c1-16(2,3)12-5-8-15(17-9-12)19-13-6-7-14(19)11-18(4)10-13/h5,8-9,13-14H,6-7,10-11H2,1-4H3. The molecular weight excluding hydrogens is 234 g/mol. The van der Waals surface area contributed by atoms with Crippen molar-refractivity contribution in [1.29, 1.82) is 0 Å². The maximum atomic E-state index is 4.74. The molecule has 2 atom stereocenters. The summed E-state index contributed by atoms with van der Waals surface area (Å²) in [7, 11) is 2.23. The van der Waals surface area contributed by atoms with E-state index >= 15 is 0 Å². The van der Waals surface area contributed by atoms with E-state index in [1.165, 1.54) is 37.3 Å². The van der Waals surface area contributed by atoms with Crippen LogP contribution in [0.3, 0.4) is 0 Å². The fourth-order valence-electron chi connectivity index (χ4n) is 3.47. The second kappa shape index (κ2) is 4.48. The van der Waals surface area contributed by atoms with Crippen molar-refractivity contribution in [2.24, 2.45) is 0 Å². The van der Waals surface area contributed by atoms with Gasteiger partial charge in [0.15, 0.2) is 0 Å². The summed E-state index contributed by atoms with van der Waals surface area (Å²) >= 11 is 0. The predicted octanol–water partition coefficient (Wildman–Crippen LogP) is 2.66. The van der Waals surface area contributed by atoms with Gasteiger partial charge in [-0.05, 0) is 36.9 Å². The van der Waals surface area contributed by atoms with Gasteiger partial charge in [-0.3, -0.25) is 0 Å². The number of pyridine rings is 1. The molecule has 3 heterocycles. The van der Waals surface area contributed by atoms with Crippen LogP contribution in [0.15, 0.2) is 18.3 Å². The molecule has 3 heteroatoms. The van der Waals surface area contributed by atoms with Gasteiger partial charge in [0.25, 0.3) is 0 Å². The van der Waals surface area contributed by atoms with Crippen molar-refractivity contribution in [3.63, 3.8) is 0 Å². The molecular formula is C16H25N3. The molecule has 0 N–H and O–H groups in total. The number of anilines is 1. The lowest BCUT2D eigenvalue weighted by Crippen LogP contribution is -2.52. The molecule has 1 aromatic rings. The molecule has 0 radical (unpaired) electrons. The Hall–Kier alpha value is -1.09. The normalized spacial score (nSPS) is 27.9. The van der Waals surface area contributed by atoms with Crippen molar-refractivity contribution in [2.75, 3.05) is 25.0 Å². The van der Waals surface area contributed by atoms with Crippen LogP contribution in [0.5, 0.6) is 0 Å². The van der Waals surface area contributed by atoms with Gasteiger partial charge in [0.05, 0.1) is 0 Å². The lowest BCUT2D eigenvalue weighted by Gasteiger charge is -2.40. The van der Waals surface area contributed by atoms with Gasteiger partial charge in [-0.1, -0.05) is 26.8 Å². The zero-order valence-corrected chi connectivity index (χ0v) is 12.6. The molecule has 2 bridgehead atoms. The SMILES string of the molecule is CN1CC2CCC(C1)N2c1ccc(C(C)(C)C)cn1. The smallest absolute Gasteiger partial charge is 0.129 e. The minimum Gasteiger partial charge on any atom is -0.348 e. The Labute approximate surface area is 116 Å². The van der Waals surface area contributed by atoms with Crippen LogP contribution in [0.1, 0.15) is 39.2 Å². The Bertz CT molecular complexity index is 432. The number of rotatable bonds is 1. The molecule has 0 saturated carbocycles. The van der Waals surface area contributed by atoms with Crippen molar-refractivity contribution in [1.82, 2.24) is 9.88 Å². The highest BCUT2D eigenvalue weighted by molar-refractivity contribution is 5.45. The fourth-order valence-corrected chi connectivity index (χ4v) is 3.47. The Kier molecular flexibility index (Phi) is 3.05. The zero-order chi connectivity index (χ0) is 13.6. The first-order chi connectivity index (χ1) is 8.95. The van der Waals surface area contributed by atoms with E-state index in [2.05, 4.69) is 55.9 Å². The van der Waals surface area contributed by atoms with Crippen LogP contribution in [-0.2, 0) is 5.41 Å². The topological polar surface area (TPSA) is 19.4 Å². The highest BCUT2D eigenvalue weighted by atomic mass is 15.3. The molecule has 2 saturated heterocycles. The molecule has 0 aromatic carbocycles. The largest absolute Gasteiger partial charge is 0.348 e. The van der Waals surface area contributed by atoms with Gasteiger partial charge in [-0.15, -0.1) is 0 Å². The van der Waals surface area contributed by atoms with Gasteiger partial charge >= 0.3 is 0 Å². The summed E-state index contributed by atoms with van der Waals surface area (Å²) < 4.78 is 0. The van der Waals surface area contributed by atoms with Crippen LogP contribution in [-0.4, -0.2) is 42.1 Å². The van der Waals surface area contributed by atoms with Crippen molar-refractivity contribution < 1.29 is 0 Å². The molecule has 3 nitrogen and oxygen atoms in total. The molecule has 0 aliphatic carbocycles. The monoisotopic (exact) mass is 259 g/mol. The number of likely N-dealkylation sites (tertiary alicyclic amines) is 1. The van der Waals surface area contributed by atoms with Crippen molar-refractivity contribution in [2.45, 2.75) is 51.1 Å². The third-order valence-electron chi connectivity index (χ3n) is 4.54. The molecule has 0 amide bonds. The predicted molar refractivity (Wildman–Crippen MR) is 79.7 cm³/mol. The van der Waals surface area contributed by atoms with Gasteiger partial charge in [0, 0.05) is 31.4 Å². The number of nitrogens with zero attached hydrogens (tertiary/aromatic N) is 3. The number of piperazine rings is 1. The van der Waals surface area contributed by atoms with E-state index in [9.17, 15) is 0 Å². The number of aromatic nitrogens is 1. The number of likely N-dealkylation sites (N-methyl/N-ethyl adjacent to an activating group) is 1. The first kappa shape index (κ1) is 12.9. The van der Waals surface area contributed by atoms with Gasteiger partial charge < -0.3 is 9.80 Å². The molecule has 0 spiro atoms. The van der Waals surface area contributed by atoms with Crippen LogP contribution in [0.25, 0.3) is 0 Å². The van der Waals surface area contributed by atoms with E-state index in [4.69, 9.17) is 4.98 Å². The average molecular weight is 259 g/mol. The van der Waals surface area contributed by atoms with E-state index in [1.54, 1.807) is 0 Å². The van der Waals surface area contributed by atoms with Crippen LogP contribution in [0.4, 0.5) is 5.82 Å². The molecule has 104 valence electrons. The Morgan fingerprint density at radius 1 is 1.11 bits per heavy atom. The van der Waals surface area contributed by atoms with E-state index in [0.717, 1.165) is 0 Å². The summed E-state index contributed by atoms with van der Waals surface area (Å²) in [6, 6.07) is 5.80. The molecule has 2 aliphatic heterocycles. The minimum absolute atomic E-state index is 0.187. The lowest BCUT2D eigenvalue weighted by atomic mass is 9.88. The van der Waals surface area contributed by atoms with E-state index in [0.29, 0.717) is 12.1 Å². The van der Waals surface area contributed by atoms with Gasteiger partial charge in [0.1, 0.15) is 5.82 Å². The number of fused-ring (bicyclic) bond motifs is 2. The summed E-state index contributed by atoms with van der Waals surface area (Å²) in [5.41, 5.74) is 1.50. The van der Waals surface area contributed by atoms with E-state index in [1.807, 2.05) is 0 Å². The van der Waals surface area contributed by atoms with Gasteiger partial charge in [-0.25, -0.2) is 4.98 Å². The molecule has 19 heavy (non-hydrogen) atoms. The summed E-state index contributed by atoms with van der Waals surface area (Å²) in [5.74, 6) is 1.17. The highest BCUT2D eigenvalue weighted by Gasteiger charge is 2.39. The van der Waals surface area contributed by atoms with Crippen LogP contribution < -0.4 is 4.90 Å². The van der Waals surface area contributed by atoms with E-state index < -0.39 is 0 Å². The Balaban J connectivity index is 1.84. The van der Waals surface area contributed by atoms with Crippen molar-refractivity contribution in [3.8, 4) is 0 Å². The summed E-state index contributed by atoms with van der Waals surface area (Å²) in [5, 5.41) is 0. The van der Waals surface area contributed by atoms with Crippen LogP contribution >= 0.6 is 0 Å². The van der Waals surface area contributed by atoms with Crippen LogP contribution in [0.2, 0.25) is 0 Å². The van der Waals surface area contributed by atoms with Crippen LogP contribution in [0, 0.1) is 0 Å². The molecule has 3 rings (SSSR count). The molecule has 2 unspecified atom stereocenters. The maximum Gasteiger partial charge on any atom is 0.129 e. The molecule has 1 aromatic heterocycles. The third kappa shape index (κ3) is 2.36. The maximum absolute atomic E-state index is 4.74. The number of hydrogen-bond acceptors (Lipinski definition) is 3. The second-order valence-electron chi connectivity index (χ2n) is 7.17. The van der Waals surface area contributed by atoms with Gasteiger partial charge in [0.2, 0.25) is 0 Å². The number of hydrogen-bond donors (Lipinski definition) is 0. The first-order valence-corrected chi connectivity index (χ1v) is 7.38. The Morgan fingerprint density at radius 3 is 2.21 bits per heavy atom. The third-order valence-corrected chi connectivity index (χ3v) is 4.54. The lowest BCUT2D eigenvalue weighted by molar-refractivity contribution is 0.263. The summed E-state index contributed by atoms with van der Waals surface area (Å²) in [4.78, 5) is 9.76.